The fraction of sp³-hybridized carbons (Fsp3) is 0.231. The van der Waals surface area contributed by atoms with Gasteiger partial charge in [-0.15, -0.1) is 0 Å². The first-order valence-corrected chi connectivity index (χ1v) is 14.1. The number of hydrogen-bond donors (Lipinski definition) is 1. The highest BCUT2D eigenvalue weighted by Gasteiger charge is 2.26. The standard InChI is InChI=1S/C26H27ClN4O4S2/c1-17-9-11-18(12-10-17)37(33,34)29-21-8-6-5-7-19(21)25(32)31(16-15-30(2)3)26-28-23-22(35-4)14-13-20(27)24(23)36-26/h5-14,29H,15-16H2,1-4H3. The van der Waals surface area contributed by atoms with Crippen LogP contribution in [0.25, 0.3) is 10.2 Å². The number of aromatic nitrogens is 1. The zero-order valence-electron chi connectivity index (χ0n) is 20.9. The molecule has 11 heteroatoms. The molecule has 1 N–H and O–H groups in total. The van der Waals surface area contributed by atoms with Gasteiger partial charge in [0, 0.05) is 13.1 Å². The summed E-state index contributed by atoms with van der Waals surface area (Å²) in [5.41, 5.74) is 1.89. The van der Waals surface area contributed by atoms with Gasteiger partial charge >= 0.3 is 0 Å². The minimum Gasteiger partial charge on any atom is -0.494 e. The van der Waals surface area contributed by atoms with Gasteiger partial charge in [-0.05, 0) is 57.4 Å². The molecule has 0 aliphatic heterocycles. The van der Waals surface area contributed by atoms with E-state index in [4.69, 9.17) is 16.3 Å². The average molecular weight is 559 g/mol. The van der Waals surface area contributed by atoms with E-state index in [0.29, 0.717) is 39.2 Å². The molecule has 0 bridgehead atoms. The van der Waals surface area contributed by atoms with Crippen LogP contribution in [-0.4, -0.2) is 58.5 Å². The van der Waals surface area contributed by atoms with Crippen LogP contribution in [0.5, 0.6) is 5.75 Å². The van der Waals surface area contributed by atoms with E-state index in [1.807, 2.05) is 25.9 Å². The number of rotatable bonds is 9. The molecule has 0 radical (unpaired) electrons. The second-order valence-corrected chi connectivity index (χ2v) is 11.7. The lowest BCUT2D eigenvalue weighted by molar-refractivity contribution is 0.0986. The first kappa shape index (κ1) is 26.9. The van der Waals surface area contributed by atoms with Crippen LogP contribution in [0, 0.1) is 6.92 Å². The Morgan fingerprint density at radius 1 is 1.05 bits per heavy atom. The molecule has 1 amide bonds. The second-order valence-electron chi connectivity index (χ2n) is 8.65. The van der Waals surface area contributed by atoms with Crippen molar-refractivity contribution in [2.75, 3.05) is 43.9 Å². The Hall–Kier alpha value is -3.18. The molecular formula is C26H27ClN4O4S2. The Morgan fingerprint density at radius 2 is 1.76 bits per heavy atom. The van der Waals surface area contributed by atoms with Crippen molar-refractivity contribution in [3.63, 3.8) is 0 Å². The molecule has 0 aliphatic rings. The summed E-state index contributed by atoms with van der Waals surface area (Å²) >= 11 is 7.70. The molecule has 0 aliphatic carbocycles. The maximum absolute atomic E-state index is 13.9. The third-order valence-corrected chi connectivity index (χ3v) is 8.57. The van der Waals surface area contributed by atoms with E-state index in [2.05, 4.69) is 9.71 Å². The Kier molecular flexibility index (Phi) is 8.03. The van der Waals surface area contributed by atoms with Crippen molar-refractivity contribution >= 4 is 59.9 Å². The molecule has 194 valence electrons. The molecular weight excluding hydrogens is 532 g/mol. The topological polar surface area (TPSA) is 91.8 Å². The van der Waals surface area contributed by atoms with Crippen molar-refractivity contribution < 1.29 is 17.9 Å². The van der Waals surface area contributed by atoms with Crippen LogP contribution < -0.4 is 14.4 Å². The van der Waals surface area contributed by atoms with Gasteiger partial charge in [0.15, 0.2) is 5.13 Å². The Balaban J connectivity index is 1.75. The average Bonchev–Trinajstić information content (AvgIpc) is 3.30. The number of carbonyl (C=O) groups is 1. The summed E-state index contributed by atoms with van der Waals surface area (Å²) < 4.78 is 34.9. The highest BCUT2D eigenvalue weighted by Crippen LogP contribution is 2.39. The summed E-state index contributed by atoms with van der Waals surface area (Å²) in [5.74, 6) is 0.159. The molecule has 0 atom stereocenters. The summed E-state index contributed by atoms with van der Waals surface area (Å²) in [5, 5.41) is 0.940. The molecule has 4 rings (SSSR count). The molecule has 0 spiro atoms. The van der Waals surface area contributed by atoms with Crippen molar-refractivity contribution in [1.29, 1.82) is 0 Å². The molecule has 0 saturated heterocycles. The van der Waals surface area contributed by atoms with E-state index >= 15 is 0 Å². The first-order chi connectivity index (χ1) is 17.6. The van der Waals surface area contributed by atoms with Crippen molar-refractivity contribution in [3.8, 4) is 5.75 Å². The molecule has 0 fully saturated rings. The van der Waals surface area contributed by atoms with E-state index < -0.39 is 15.9 Å². The summed E-state index contributed by atoms with van der Waals surface area (Å²) in [7, 11) is 1.45. The molecule has 1 heterocycles. The van der Waals surface area contributed by atoms with Gasteiger partial charge in [-0.2, -0.15) is 0 Å². The molecule has 0 saturated carbocycles. The first-order valence-electron chi connectivity index (χ1n) is 11.4. The normalized spacial score (nSPS) is 11.6. The molecule has 37 heavy (non-hydrogen) atoms. The molecule has 0 unspecified atom stereocenters. The number of carbonyl (C=O) groups excluding carboxylic acids is 1. The predicted molar refractivity (Wildman–Crippen MR) is 150 cm³/mol. The van der Waals surface area contributed by atoms with Crippen molar-refractivity contribution in [3.05, 3.63) is 76.8 Å². The van der Waals surface area contributed by atoms with Gasteiger partial charge in [-0.1, -0.05) is 52.8 Å². The number of hydrogen-bond acceptors (Lipinski definition) is 7. The van der Waals surface area contributed by atoms with E-state index in [1.165, 1.54) is 23.5 Å². The minimum absolute atomic E-state index is 0.109. The molecule has 4 aromatic rings. The van der Waals surface area contributed by atoms with Gasteiger partial charge < -0.3 is 9.64 Å². The van der Waals surface area contributed by atoms with Gasteiger partial charge in [0.05, 0.1) is 33.0 Å². The highest BCUT2D eigenvalue weighted by atomic mass is 35.5. The number of anilines is 2. The van der Waals surface area contributed by atoms with Gasteiger partial charge in [0.1, 0.15) is 11.3 Å². The Bertz CT molecular complexity index is 1540. The summed E-state index contributed by atoms with van der Waals surface area (Å²) in [6.45, 7) is 2.76. The van der Waals surface area contributed by atoms with Gasteiger partial charge in [-0.3, -0.25) is 14.4 Å². The third-order valence-electron chi connectivity index (χ3n) is 5.65. The smallest absolute Gasteiger partial charge is 0.262 e. The van der Waals surface area contributed by atoms with Crippen molar-refractivity contribution in [1.82, 2.24) is 9.88 Å². The van der Waals surface area contributed by atoms with Gasteiger partial charge in [0.25, 0.3) is 15.9 Å². The quantitative estimate of drug-likeness (QED) is 0.301. The van der Waals surface area contributed by atoms with Crippen LogP contribution in [0.3, 0.4) is 0 Å². The SMILES string of the molecule is COc1ccc(Cl)c2sc(N(CCN(C)C)C(=O)c3ccccc3NS(=O)(=O)c3ccc(C)cc3)nc12. The fourth-order valence-corrected chi connectivity index (χ4v) is 5.99. The van der Waals surface area contributed by atoms with Crippen LogP contribution in [-0.2, 0) is 10.0 Å². The van der Waals surface area contributed by atoms with E-state index in [9.17, 15) is 13.2 Å². The Morgan fingerprint density at radius 3 is 2.43 bits per heavy atom. The van der Waals surface area contributed by atoms with Crippen LogP contribution >= 0.6 is 22.9 Å². The lowest BCUT2D eigenvalue weighted by Gasteiger charge is -2.23. The number of halogens is 1. The Labute approximate surface area is 225 Å². The molecule has 3 aromatic carbocycles. The summed E-state index contributed by atoms with van der Waals surface area (Å²) in [4.78, 5) is 22.2. The lowest BCUT2D eigenvalue weighted by atomic mass is 10.1. The zero-order valence-corrected chi connectivity index (χ0v) is 23.2. The van der Waals surface area contributed by atoms with Crippen LogP contribution in [0.4, 0.5) is 10.8 Å². The highest BCUT2D eigenvalue weighted by molar-refractivity contribution is 7.92. The van der Waals surface area contributed by atoms with Crippen molar-refractivity contribution in [2.24, 2.45) is 0 Å². The fourth-order valence-electron chi connectivity index (χ4n) is 3.63. The molecule has 8 nitrogen and oxygen atoms in total. The number of likely N-dealkylation sites (N-methyl/N-ethyl adjacent to an activating group) is 1. The van der Waals surface area contributed by atoms with Gasteiger partial charge in [0.2, 0.25) is 0 Å². The van der Waals surface area contributed by atoms with E-state index in [1.54, 1.807) is 60.5 Å². The van der Waals surface area contributed by atoms with Crippen LogP contribution in [0.2, 0.25) is 5.02 Å². The summed E-state index contributed by atoms with van der Waals surface area (Å²) in [6.07, 6.45) is 0. The number of nitrogens with zero attached hydrogens (tertiary/aromatic N) is 3. The van der Waals surface area contributed by atoms with Crippen LogP contribution in [0.1, 0.15) is 15.9 Å². The lowest BCUT2D eigenvalue weighted by Crippen LogP contribution is -2.37. The zero-order chi connectivity index (χ0) is 26.7. The number of sulfonamides is 1. The predicted octanol–water partition coefficient (Wildman–Crippen LogP) is 5.28. The number of nitrogens with one attached hydrogen (secondary N) is 1. The van der Waals surface area contributed by atoms with Crippen molar-refractivity contribution in [2.45, 2.75) is 11.8 Å². The number of methoxy groups -OCH3 is 1. The second kappa shape index (κ2) is 11.1. The number of benzene rings is 3. The number of para-hydroxylation sites is 1. The minimum atomic E-state index is -3.91. The number of fused-ring (bicyclic) bond motifs is 1. The monoisotopic (exact) mass is 558 g/mol. The third kappa shape index (κ3) is 5.88. The maximum atomic E-state index is 13.9. The number of ether oxygens (including phenoxy) is 1. The van der Waals surface area contributed by atoms with E-state index in [-0.39, 0.29) is 16.1 Å². The van der Waals surface area contributed by atoms with Gasteiger partial charge in [-0.25, -0.2) is 13.4 Å². The summed E-state index contributed by atoms with van der Waals surface area (Å²) in [6, 6.07) is 16.5. The van der Waals surface area contributed by atoms with Crippen LogP contribution in [0.15, 0.2) is 65.6 Å². The number of amides is 1. The largest absolute Gasteiger partial charge is 0.494 e. The molecule has 1 aromatic heterocycles. The maximum Gasteiger partial charge on any atom is 0.262 e. The number of aryl methyl sites for hydroxylation is 1. The van der Waals surface area contributed by atoms with E-state index in [0.717, 1.165) is 5.56 Å². The number of thiazole rings is 1.